The number of ether oxygens (including phenoxy) is 1. The van der Waals surface area contributed by atoms with Crippen molar-refractivity contribution < 1.29 is 13.9 Å². The molecule has 0 saturated heterocycles. The van der Waals surface area contributed by atoms with Gasteiger partial charge in [0.1, 0.15) is 17.0 Å². The van der Waals surface area contributed by atoms with E-state index in [-0.39, 0.29) is 0 Å². The van der Waals surface area contributed by atoms with Crippen LogP contribution in [0.15, 0.2) is 16.7 Å². The lowest BCUT2D eigenvalue weighted by Gasteiger charge is -1.96. The summed E-state index contributed by atoms with van der Waals surface area (Å²) in [6, 6.07) is 1.63. The maximum absolute atomic E-state index is 11.2. The maximum atomic E-state index is 11.2. The number of nitrogens with one attached hydrogen (secondary N) is 1. The van der Waals surface area contributed by atoms with Crippen LogP contribution in [-0.4, -0.2) is 23.3 Å². The fourth-order valence-corrected chi connectivity index (χ4v) is 1.82. The second kappa shape index (κ2) is 4.96. The highest BCUT2D eigenvalue weighted by Crippen LogP contribution is 2.16. The number of anilines is 1. The Morgan fingerprint density at radius 3 is 3.06 bits per heavy atom. The average molecular weight is 253 g/mol. The second-order valence-electron chi connectivity index (χ2n) is 3.27. The van der Waals surface area contributed by atoms with E-state index in [1.165, 1.54) is 24.7 Å². The summed E-state index contributed by atoms with van der Waals surface area (Å²) in [7, 11) is 1.33. The Labute approximate surface area is 102 Å². The minimum atomic E-state index is -0.410. The molecule has 6 nitrogen and oxygen atoms in total. The summed E-state index contributed by atoms with van der Waals surface area (Å²) >= 11 is 1.46. The van der Waals surface area contributed by atoms with E-state index in [0.29, 0.717) is 17.9 Å². The number of hydrogen-bond acceptors (Lipinski definition) is 7. The lowest BCUT2D eigenvalue weighted by Crippen LogP contribution is -2.00. The molecule has 7 heteroatoms. The third kappa shape index (κ3) is 2.82. The first-order chi connectivity index (χ1) is 8.19. The summed E-state index contributed by atoms with van der Waals surface area (Å²) in [5.41, 5.74) is 0.401. The van der Waals surface area contributed by atoms with Crippen molar-refractivity contribution in [2.75, 3.05) is 12.4 Å². The van der Waals surface area contributed by atoms with Gasteiger partial charge in [-0.15, -0.1) is 10.2 Å². The van der Waals surface area contributed by atoms with Gasteiger partial charge in [-0.2, -0.15) is 0 Å². The number of nitrogens with zero attached hydrogens (tertiary/aromatic N) is 2. The van der Waals surface area contributed by atoms with Gasteiger partial charge >= 0.3 is 5.97 Å². The van der Waals surface area contributed by atoms with Gasteiger partial charge in [-0.25, -0.2) is 4.79 Å². The molecule has 1 N–H and O–H groups in total. The van der Waals surface area contributed by atoms with E-state index < -0.39 is 5.97 Å². The van der Waals surface area contributed by atoms with Gasteiger partial charge in [-0.1, -0.05) is 11.3 Å². The Balaban J connectivity index is 1.95. The van der Waals surface area contributed by atoms with E-state index in [0.717, 1.165) is 10.1 Å². The number of hydrogen-bond donors (Lipinski definition) is 1. The minimum Gasteiger partial charge on any atom is -0.467 e. The van der Waals surface area contributed by atoms with Gasteiger partial charge in [0.25, 0.3) is 0 Å². The van der Waals surface area contributed by atoms with E-state index in [9.17, 15) is 4.79 Å². The Bertz CT molecular complexity index is 520. The summed E-state index contributed by atoms with van der Waals surface area (Å²) in [6.45, 7) is 2.33. The average Bonchev–Trinajstić information content (AvgIpc) is 2.94. The van der Waals surface area contributed by atoms with Gasteiger partial charge in [0.15, 0.2) is 0 Å². The first-order valence-electron chi connectivity index (χ1n) is 4.88. The molecule has 0 bridgehead atoms. The number of furan rings is 1. The van der Waals surface area contributed by atoms with Crippen molar-refractivity contribution in [1.82, 2.24) is 10.2 Å². The van der Waals surface area contributed by atoms with E-state index >= 15 is 0 Å². The molecule has 0 radical (unpaired) electrons. The molecule has 0 aliphatic heterocycles. The third-order valence-corrected chi connectivity index (χ3v) is 2.81. The molecule has 0 aliphatic carbocycles. The molecule has 0 saturated carbocycles. The third-order valence-electron chi connectivity index (χ3n) is 2.01. The number of rotatable bonds is 4. The summed E-state index contributed by atoms with van der Waals surface area (Å²) in [4.78, 5) is 11.2. The molecule has 0 fully saturated rings. The zero-order chi connectivity index (χ0) is 12.3. The number of esters is 1. The molecule has 0 unspecified atom stereocenters. The molecule has 0 spiro atoms. The fraction of sp³-hybridized carbons (Fsp3) is 0.300. The summed E-state index contributed by atoms with van der Waals surface area (Å²) < 4.78 is 9.79. The van der Waals surface area contributed by atoms with E-state index in [1.54, 1.807) is 6.07 Å². The largest absolute Gasteiger partial charge is 0.467 e. The molecule has 2 rings (SSSR count). The topological polar surface area (TPSA) is 77.2 Å². The molecular weight excluding hydrogens is 242 g/mol. The number of methoxy groups -OCH3 is 1. The number of aryl methyl sites for hydroxylation is 1. The van der Waals surface area contributed by atoms with Gasteiger partial charge < -0.3 is 14.5 Å². The van der Waals surface area contributed by atoms with Gasteiger partial charge in [0.05, 0.1) is 19.2 Å². The van der Waals surface area contributed by atoms with Gasteiger partial charge in [0.2, 0.25) is 5.13 Å². The number of carbonyl (C=O) groups is 1. The highest BCUT2D eigenvalue weighted by Gasteiger charge is 2.10. The molecule has 17 heavy (non-hydrogen) atoms. The zero-order valence-corrected chi connectivity index (χ0v) is 10.2. The number of carbonyl (C=O) groups excluding carboxylic acids is 1. The molecule has 2 aromatic heterocycles. The minimum absolute atomic E-state index is 0.401. The van der Waals surface area contributed by atoms with Crippen molar-refractivity contribution in [3.8, 4) is 0 Å². The van der Waals surface area contributed by atoms with Crippen molar-refractivity contribution in [1.29, 1.82) is 0 Å². The summed E-state index contributed by atoms with van der Waals surface area (Å²) in [5, 5.41) is 12.5. The lowest BCUT2D eigenvalue weighted by atomic mass is 10.3. The first kappa shape index (κ1) is 11.6. The second-order valence-corrected chi connectivity index (χ2v) is 4.45. The lowest BCUT2D eigenvalue weighted by molar-refractivity contribution is 0.0600. The van der Waals surface area contributed by atoms with Gasteiger partial charge in [-0.05, 0) is 13.0 Å². The Morgan fingerprint density at radius 1 is 1.59 bits per heavy atom. The van der Waals surface area contributed by atoms with Crippen LogP contribution in [-0.2, 0) is 11.3 Å². The Morgan fingerprint density at radius 2 is 2.41 bits per heavy atom. The summed E-state index contributed by atoms with van der Waals surface area (Å²) in [6.07, 6.45) is 1.37. The van der Waals surface area contributed by atoms with Crippen LogP contribution in [0, 0.1) is 6.92 Å². The van der Waals surface area contributed by atoms with Crippen LogP contribution in [0.5, 0.6) is 0 Å². The normalized spacial score (nSPS) is 10.2. The van der Waals surface area contributed by atoms with Crippen LogP contribution in [0.3, 0.4) is 0 Å². The quantitative estimate of drug-likeness (QED) is 0.838. The summed E-state index contributed by atoms with van der Waals surface area (Å²) in [5.74, 6) is 0.227. The van der Waals surface area contributed by atoms with E-state index in [2.05, 4.69) is 20.3 Å². The zero-order valence-electron chi connectivity index (χ0n) is 9.39. The van der Waals surface area contributed by atoms with Crippen LogP contribution < -0.4 is 5.32 Å². The van der Waals surface area contributed by atoms with Crippen LogP contribution in [0.1, 0.15) is 21.1 Å². The fourth-order valence-electron chi connectivity index (χ4n) is 1.23. The van der Waals surface area contributed by atoms with E-state index in [4.69, 9.17) is 4.42 Å². The highest BCUT2D eigenvalue weighted by atomic mass is 32.1. The monoisotopic (exact) mass is 253 g/mol. The standard InChI is InChI=1S/C10H11N3O3S/c1-6-12-13-10(17-6)11-4-8-3-7(5-16-8)9(14)15-2/h3,5H,4H2,1-2H3,(H,11,13). The molecule has 2 heterocycles. The Hall–Kier alpha value is -1.89. The SMILES string of the molecule is COC(=O)c1coc(CNc2nnc(C)s2)c1. The molecule has 90 valence electrons. The number of aromatic nitrogens is 2. The smallest absolute Gasteiger partial charge is 0.341 e. The molecule has 2 aromatic rings. The Kier molecular flexibility index (Phi) is 3.38. The van der Waals surface area contributed by atoms with Gasteiger partial charge in [0, 0.05) is 0 Å². The van der Waals surface area contributed by atoms with Crippen molar-refractivity contribution >= 4 is 22.4 Å². The van der Waals surface area contributed by atoms with Crippen LogP contribution >= 0.6 is 11.3 Å². The molecule has 0 amide bonds. The molecule has 0 atom stereocenters. The van der Waals surface area contributed by atoms with Crippen LogP contribution in [0.25, 0.3) is 0 Å². The van der Waals surface area contributed by atoms with Crippen LogP contribution in [0.4, 0.5) is 5.13 Å². The van der Waals surface area contributed by atoms with E-state index in [1.807, 2.05) is 6.92 Å². The van der Waals surface area contributed by atoms with Crippen molar-refractivity contribution in [3.05, 3.63) is 28.7 Å². The van der Waals surface area contributed by atoms with Crippen LogP contribution in [0.2, 0.25) is 0 Å². The van der Waals surface area contributed by atoms with Crippen molar-refractivity contribution in [2.45, 2.75) is 13.5 Å². The maximum Gasteiger partial charge on any atom is 0.341 e. The molecule has 0 aromatic carbocycles. The van der Waals surface area contributed by atoms with Crippen molar-refractivity contribution in [3.63, 3.8) is 0 Å². The predicted molar refractivity (Wildman–Crippen MR) is 62.0 cm³/mol. The van der Waals surface area contributed by atoms with Crippen molar-refractivity contribution in [2.24, 2.45) is 0 Å². The molecule has 0 aliphatic rings. The molecular formula is C10H11N3O3S. The van der Waals surface area contributed by atoms with Gasteiger partial charge in [-0.3, -0.25) is 0 Å². The highest BCUT2D eigenvalue weighted by molar-refractivity contribution is 7.15. The first-order valence-corrected chi connectivity index (χ1v) is 5.70. The predicted octanol–water partition coefficient (Wildman–Crippen LogP) is 1.84.